The Labute approximate surface area is 227 Å². The Morgan fingerprint density at radius 2 is 1.71 bits per heavy atom. The van der Waals surface area contributed by atoms with E-state index in [9.17, 15) is 18.0 Å². The molecular weight excluding hydrogens is 522 g/mol. The zero-order valence-corrected chi connectivity index (χ0v) is 23.0. The van der Waals surface area contributed by atoms with Gasteiger partial charge in [0.1, 0.15) is 5.75 Å². The third kappa shape index (κ3) is 5.61. The Hall–Kier alpha value is -2.85. The van der Waals surface area contributed by atoms with Crippen molar-refractivity contribution in [1.82, 2.24) is 4.31 Å². The maximum absolute atomic E-state index is 13.6. The molecule has 2 heterocycles. The van der Waals surface area contributed by atoms with E-state index < -0.39 is 10.0 Å². The van der Waals surface area contributed by atoms with E-state index in [1.807, 2.05) is 24.3 Å². The maximum atomic E-state index is 13.6. The van der Waals surface area contributed by atoms with Gasteiger partial charge in [-0.15, -0.1) is 11.3 Å². The quantitative estimate of drug-likeness (QED) is 0.362. The number of morpholine rings is 1. The third-order valence-electron chi connectivity index (χ3n) is 7.13. The molecule has 0 bridgehead atoms. The van der Waals surface area contributed by atoms with Gasteiger partial charge in [-0.25, -0.2) is 8.42 Å². The van der Waals surface area contributed by atoms with Gasteiger partial charge in [0, 0.05) is 46.8 Å². The normalized spacial score (nSPS) is 16.1. The molecule has 2 aliphatic rings. The molecule has 5 rings (SSSR count). The first-order valence-electron chi connectivity index (χ1n) is 12.9. The molecule has 0 N–H and O–H groups in total. The molecule has 200 valence electrons. The number of aryl methyl sites for hydroxylation is 1. The Kier molecular flexibility index (Phi) is 8.09. The fraction of sp³-hybridized carbons (Fsp3) is 0.379. The largest absolute Gasteiger partial charge is 0.497 e. The lowest BCUT2D eigenvalue weighted by Crippen LogP contribution is -2.40. The summed E-state index contributed by atoms with van der Waals surface area (Å²) in [4.78, 5) is 29.1. The van der Waals surface area contributed by atoms with Crippen molar-refractivity contribution in [3.05, 3.63) is 80.5 Å². The second-order valence-electron chi connectivity index (χ2n) is 9.60. The van der Waals surface area contributed by atoms with Crippen LogP contribution in [0.5, 0.6) is 5.75 Å². The molecular formula is C29H31NO6S2. The third-order valence-corrected chi connectivity index (χ3v) is 10.3. The van der Waals surface area contributed by atoms with E-state index in [0.29, 0.717) is 37.4 Å². The summed E-state index contributed by atoms with van der Waals surface area (Å²) >= 11 is 1.56. The molecule has 0 atom stereocenters. The standard InChI is InChI=1S/C29H31NO6S2/c1-35-22-11-9-20(10-12-22)17-26(32)29-24-7-2-3-8-27(24)37-28(29)19-25(31)21-5-4-6-23(18-21)38(33,34)30-13-15-36-16-14-30/h4-6,9-12,18H,2-3,7-8,13-17,19H2,1H3. The second kappa shape index (κ2) is 11.5. The molecule has 1 aromatic heterocycles. The lowest BCUT2D eigenvalue weighted by Gasteiger charge is -2.26. The van der Waals surface area contributed by atoms with E-state index in [2.05, 4.69) is 0 Å². The molecule has 1 saturated heterocycles. The SMILES string of the molecule is COc1ccc(CC(=O)c2c(CC(=O)c3cccc(S(=O)(=O)N4CCOCC4)c3)sc3c2CCCC3)cc1. The predicted octanol–water partition coefficient (Wildman–Crippen LogP) is 4.51. The van der Waals surface area contributed by atoms with Crippen LogP contribution >= 0.6 is 11.3 Å². The van der Waals surface area contributed by atoms with Gasteiger partial charge in [0.25, 0.3) is 0 Å². The highest BCUT2D eigenvalue weighted by Crippen LogP contribution is 2.36. The number of Topliss-reactive ketones (excluding diaryl/α,β-unsaturated/α-hetero) is 2. The molecule has 1 aliphatic carbocycles. The fourth-order valence-corrected chi connectivity index (χ4v) is 7.97. The van der Waals surface area contributed by atoms with Crippen molar-refractivity contribution in [2.24, 2.45) is 0 Å². The number of ketones is 2. The molecule has 0 spiro atoms. The van der Waals surface area contributed by atoms with E-state index in [1.54, 1.807) is 30.6 Å². The molecule has 0 radical (unpaired) electrons. The number of hydrogen-bond acceptors (Lipinski definition) is 7. The first-order chi connectivity index (χ1) is 18.4. The minimum absolute atomic E-state index is 0.0148. The lowest BCUT2D eigenvalue weighted by atomic mass is 9.90. The van der Waals surface area contributed by atoms with Crippen LogP contribution in [0.4, 0.5) is 0 Å². The summed E-state index contributed by atoms with van der Waals surface area (Å²) in [6.45, 7) is 1.30. The smallest absolute Gasteiger partial charge is 0.243 e. The first kappa shape index (κ1) is 26.7. The Morgan fingerprint density at radius 3 is 2.45 bits per heavy atom. The van der Waals surface area contributed by atoms with Gasteiger partial charge in [-0.05, 0) is 61.1 Å². The van der Waals surface area contributed by atoms with E-state index in [1.165, 1.54) is 21.3 Å². The lowest BCUT2D eigenvalue weighted by molar-refractivity contribution is 0.0730. The van der Waals surface area contributed by atoms with Gasteiger partial charge in [-0.1, -0.05) is 24.3 Å². The zero-order chi connectivity index (χ0) is 26.7. The number of carbonyl (C=O) groups is 2. The number of ether oxygens (including phenoxy) is 2. The highest BCUT2D eigenvalue weighted by Gasteiger charge is 2.29. The summed E-state index contributed by atoms with van der Waals surface area (Å²) in [7, 11) is -2.11. The van der Waals surface area contributed by atoms with Gasteiger partial charge in [-0.2, -0.15) is 4.31 Å². The molecule has 0 unspecified atom stereocenters. The van der Waals surface area contributed by atoms with Crippen LogP contribution in [0.25, 0.3) is 0 Å². The van der Waals surface area contributed by atoms with Gasteiger partial charge in [0.05, 0.1) is 25.2 Å². The van der Waals surface area contributed by atoms with Crippen molar-refractivity contribution in [2.75, 3.05) is 33.4 Å². The Bertz CT molecular complexity index is 1440. The van der Waals surface area contributed by atoms with Gasteiger partial charge in [0.15, 0.2) is 11.6 Å². The van der Waals surface area contributed by atoms with Crippen molar-refractivity contribution >= 4 is 32.9 Å². The van der Waals surface area contributed by atoms with Gasteiger partial charge in [0.2, 0.25) is 10.0 Å². The highest BCUT2D eigenvalue weighted by atomic mass is 32.2. The molecule has 9 heteroatoms. The topological polar surface area (TPSA) is 90.0 Å². The second-order valence-corrected chi connectivity index (χ2v) is 12.7. The molecule has 7 nitrogen and oxygen atoms in total. The van der Waals surface area contributed by atoms with Crippen LogP contribution in [0, 0.1) is 0 Å². The summed E-state index contributed by atoms with van der Waals surface area (Å²) in [5.41, 5.74) is 3.00. The minimum Gasteiger partial charge on any atom is -0.497 e. The van der Waals surface area contributed by atoms with Crippen LogP contribution in [-0.2, 0) is 40.4 Å². The molecule has 1 fully saturated rings. The number of methoxy groups -OCH3 is 1. The van der Waals surface area contributed by atoms with Gasteiger partial charge in [-0.3, -0.25) is 9.59 Å². The van der Waals surface area contributed by atoms with Crippen LogP contribution in [0.3, 0.4) is 0 Å². The van der Waals surface area contributed by atoms with Crippen molar-refractivity contribution in [1.29, 1.82) is 0 Å². The van der Waals surface area contributed by atoms with Crippen molar-refractivity contribution < 1.29 is 27.5 Å². The van der Waals surface area contributed by atoms with Crippen LogP contribution in [0.15, 0.2) is 53.4 Å². The molecule has 2 aromatic carbocycles. The number of thiophene rings is 1. The summed E-state index contributed by atoms with van der Waals surface area (Å²) in [6.07, 6.45) is 4.20. The fourth-order valence-electron chi connectivity index (χ4n) is 5.10. The van der Waals surface area contributed by atoms with E-state index in [4.69, 9.17) is 9.47 Å². The number of benzene rings is 2. The van der Waals surface area contributed by atoms with Gasteiger partial charge >= 0.3 is 0 Å². The summed E-state index contributed by atoms with van der Waals surface area (Å²) in [5.74, 6) is 0.556. The molecule has 38 heavy (non-hydrogen) atoms. The molecule has 1 aliphatic heterocycles. The van der Waals surface area contributed by atoms with Crippen molar-refractivity contribution in [3.8, 4) is 5.75 Å². The maximum Gasteiger partial charge on any atom is 0.243 e. The number of carbonyl (C=O) groups excluding carboxylic acids is 2. The highest BCUT2D eigenvalue weighted by molar-refractivity contribution is 7.89. The number of hydrogen-bond donors (Lipinski definition) is 0. The van der Waals surface area contributed by atoms with Crippen LogP contribution in [-0.4, -0.2) is 57.7 Å². The molecule has 3 aromatic rings. The predicted molar refractivity (Wildman–Crippen MR) is 146 cm³/mol. The first-order valence-corrected chi connectivity index (χ1v) is 15.1. The molecule has 0 saturated carbocycles. The number of fused-ring (bicyclic) bond motifs is 1. The minimum atomic E-state index is -3.71. The Morgan fingerprint density at radius 1 is 0.974 bits per heavy atom. The average Bonchev–Trinajstić information content (AvgIpc) is 3.32. The summed E-state index contributed by atoms with van der Waals surface area (Å²) in [5, 5.41) is 0. The summed E-state index contributed by atoms with van der Waals surface area (Å²) in [6, 6.07) is 13.7. The number of rotatable bonds is 9. The van der Waals surface area contributed by atoms with Crippen LogP contribution < -0.4 is 4.74 Å². The zero-order valence-electron chi connectivity index (χ0n) is 21.4. The van der Waals surface area contributed by atoms with Crippen molar-refractivity contribution in [2.45, 2.75) is 43.4 Å². The van der Waals surface area contributed by atoms with Crippen molar-refractivity contribution in [3.63, 3.8) is 0 Å². The van der Waals surface area contributed by atoms with Crippen LogP contribution in [0.1, 0.15) is 54.4 Å². The summed E-state index contributed by atoms with van der Waals surface area (Å²) < 4.78 is 38.1. The van der Waals surface area contributed by atoms with E-state index in [-0.39, 0.29) is 29.3 Å². The number of sulfonamides is 1. The Balaban J connectivity index is 1.40. The van der Waals surface area contributed by atoms with Gasteiger partial charge < -0.3 is 9.47 Å². The monoisotopic (exact) mass is 553 g/mol. The molecule has 0 amide bonds. The van der Waals surface area contributed by atoms with E-state index >= 15 is 0 Å². The van der Waals surface area contributed by atoms with Crippen LogP contribution in [0.2, 0.25) is 0 Å². The average molecular weight is 554 g/mol. The van der Waals surface area contributed by atoms with E-state index in [0.717, 1.165) is 47.4 Å². The number of nitrogens with zero attached hydrogens (tertiary/aromatic N) is 1.